The molecule has 0 bridgehead atoms. The van der Waals surface area contributed by atoms with Crippen molar-refractivity contribution in [1.29, 1.82) is 0 Å². The van der Waals surface area contributed by atoms with Crippen LogP contribution in [0.25, 0.3) is 0 Å². The molecule has 1 aromatic heterocycles. The van der Waals surface area contributed by atoms with E-state index in [2.05, 4.69) is 15.9 Å². The van der Waals surface area contributed by atoms with E-state index in [0.717, 1.165) is 14.9 Å². The van der Waals surface area contributed by atoms with Crippen molar-refractivity contribution in [3.63, 3.8) is 0 Å². The van der Waals surface area contributed by atoms with Crippen LogP contribution < -0.4 is 9.47 Å². The average molecular weight is 219 g/mol. The van der Waals surface area contributed by atoms with Crippen molar-refractivity contribution in [2.24, 2.45) is 0 Å². The van der Waals surface area contributed by atoms with Crippen LogP contribution in [0.5, 0.6) is 5.75 Å². The molecule has 0 fully saturated rings. The molecule has 0 unspecified atom stereocenters. The van der Waals surface area contributed by atoms with Gasteiger partial charge in [-0.2, -0.15) is 0 Å². The van der Waals surface area contributed by atoms with Crippen LogP contribution in [-0.4, -0.2) is 12.3 Å². The van der Waals surface area contributed by atoms with Crippen molar-refractivity contribution in [3.8, 4) is 5.75 Å². The highest BCUT2D eigenvalue weighted by Gasteiger charge is 2.10. The quantitative estimate of drug-likeness (QED) is 0.570. The SMILES string of the molecule is COc1c[n+](O)c(C)cc1Br. The molecule has 11 heavy (non-hydrogen) atoms. The van der Waals surface area contributed by atoms with Gasteiger partial charge in [-0.15, -0.1) is 0 Å². The maximum Gasteiger partial charge on any atom is 0.265 e. The Morgan fingerprint density at radius 3 is 2.82 bits per heavy atom. The van der Waals surface area contributed by atoms with Crippen LogP contribution in [0.15, 0.2) is 16.7 Å². The fourth-order valence-electron chi connectivity index (χ4n) is 0.745. The van der Waals surface area contributed by atoms with Crippen molar-refractivity contribution in [2.75, 3.05) is 7.11 Å². The highest BCUT2D eigenvalue weighted by Crippen LogP contribution is 2.22. The second-order valence-electron chi connectivity index (χ2n) is 2.18. The van der Waals surface area contributed by atoms with Gasteiger partial charge in [0.25, 0.3) is 6.20 Å². The number of aryl methyl sites for hydroxylation is 1. The van der Waals surface area contributed by atoms with Crippen molar-refractivity contribution in [3.05, 3.63) is 22.4 Å². The average Bonchev–Trinajstić information content (AvgIpc) is 1.97. The molecule has 0 atom stereocenters. The van der Waals surface area contributed by atoms with E-state index in [-0.39, 0.29) is 0 Å². The molecule has 0 spiro atoms. The van der Waals surface area contributed by atoms with E-state index in [1.165, 1.54) is 6.20 Å². The largest absolute Gasteiger partial charge is 0.490 e. The summed E-state index contributed by atoms with van der Waals surface area (Å²) in [6, 6.07) is 1.78. The number of methoxy groups -OCH3 is 1. The Morgan fingerprint density at radius 1 is 1.64 bits per heavy atom. The zero-order valence-corrected chi connectivity index (χ0v) is 7.92. The number of rotatable bonds is 1. The topological polar surface area (TPSA) is 33.3 Å². The van der Waals surface area contributed by atoms with Crippen molar-refractivity contribution < 1.29 is 14.7 Å². The highest BCUT2D eigenvalue weighted by molar-refractivity contribution is 9.10. The lowest BCUT2D eigenvalue weighted by Crippen LogP contribution is -2.33. The Labute approximate surface area is 73.3 Å². The molecule has 0 saturated carbocycles. The summed E-state index contributed by atoms with van der Waals surface area (Å²) in [4.78, 5) is 0. The normalized spacial score (nSPS) is 9.73. The van der Waals surface area contributed by atoms with Gasteiger partial charge >= 0.3 is 0 Å². The van der Waals surface area contributed by atoms with Gasteiger partial charge in [-0.25, -0.2) is 0 Å². The molecule has 60 valence electrons. The van der Waals surface area contributed by atoms with Crippen LogP contribution in [0.3, 0.4) is 0 Å². The van der Waals surface area contributed by atoms with Gasteiger partial charge in [0.2, 0.25) is 11.4 Å². The van der Waals surface area contributed by atoms with Gasteiger partial charge in [-0.1, -0.05) is 0 Å². The van der Waals surface area contributed by atoms with E-state index < -0.39 is 0 Å². The van der Waals surface area contributed by atoms with E-state index in [1.54, 1.807) is 20.1 Å². The number of hydrogen-bond donors (Lipinski definition) is 1. The first kappa shape index (κ1) is 8.33. The molecule has 0 aromatic carbocycles. The first-order valence-corrected chi connectivity index (χ1v) is 3.89. The van der Waals surface area contributed by atoms with Gasteiger partial charge in [0, 0.05) is 17.7 Å². The lowest BCUT2D eigenvalue weighted by molar-refractivity contribution is -0.909. The molecule has 0 saturated heterocycles. The molecule has 4 heteroatoms. The number of nitrogens with zero attached hydrogens (tertiary/aromatic N) is 1. The minimum Gasteiger partial charge on any atom is -0.490 e. The van der Waals surface area contributed by atoms with Crippen LogP contribution in [-0.2, 0) is 0 Å². The minimum atomic E-state index is 0.609. The lowest BCUT2D eigenvalue weighted by Gasteiger charge is -1.99. The van der Waals surface area contributed by atoms with E-state index in [0.29, 0.717) is 5.75 Å². The molecule has 0 aliphatic rings. The predicted octanol–water partition coefficient (Wildman–Crippen LogP) is 1.29. The predicted molar refractivity (Wildman–Crippen MR) is 42.8 cm³/mol. The van der Waals surface area contributed by atoms with Crippen LogP contribution in [0, 0.1) is 6.92 Å². The van der Waals surface area contributed by atoms with Crippen molar-refractivity contribution in [2.45, 2.75) is 6.92 Å². The summed E-state index contributed by atoms with van der Waals surface area (Å²) in [6.45, 7) is 1.80. The molecular weight excluding hydrogens is 210 g/mol. The minimum absolute atomic E-state index is 0.609. The van der Waals surface area contributed by atoms with Crippen molar-refractivity contribution in [1.82, 2.24) is 0 Å². The first-order chi connectivity index (χ1) is 5.15. The van der Waals surface area contributed by atoms with Gasteiger partial charge in [0.15, 0.2) is 0 Å². The Bertz CT molecular complexity index is 275. The van der Waals surface area contributed by atoms with Crippen LogP contribution >= 0.6 is 15.9 Å². The summed E-state index contributed by atoms with van der Waals surface area (Å²) in [5.41, 5.74) is 0.748. The Balaban J connectivity index is 3.21. The number of halogens is 1. The Hall–Kier alpha value is -0.770. The third-order valence-electron chi connectivity index (χ3n) is 1.39. The monoisotopic (exact) mass is 218 g/mol. The van der Waals surface area contributed by atoms with E-state index in [9.17, 15) is 5.21 Å². The summed E-state index contributed by atoms with van der Waals surface area (Å²) in [6.07, 6.45) is 1.50. The fourth-order valence-corrected chi connectivity index (χ4v) is 1.34. The van der Waals surface area contributed by atoms with Crippen molar-refractivity contribution >= 4 is 15.9 Å². The van der Waals surface area contributed by atoms with Gasteiger partial charge in [0.1, 0.15) is 0 Å². The molecule has 0 radical (unpaired) electrons. The molecular formula is C7H9BrNO2+. The summed E-state index contributed by atoms with van der Waals surface area (Å²) < 4.78 is 6.81. The second kappa shape index (κ2) is 3.09. The summed E-state index contributed by atoms with van der Waals surface area (Å²) >= 11 is 3.29. The van der Waals surface area contributed by atoms with E-state index in [1.807, 2.05) is 0 Å². The van der Waals surface area contributed by atoms with Crippen LogP contribution in [0.1, 0.15) is 5.69 Å². The standard InChI is InChI=1S/C7H9BrNO2/c1-5-3-6(8)7(11-2)4-9(5)10/h3-4,10H,1-2H3/q+1. The summed E-state index contributed by atoms with van der Waals surface area (Å²) in [5, 5.41) is 9.17. The fraction of sp³-hybridized carbons (Fsp3) is 0.286. The van der Waals surface area contributed by atoms with E-state index in [4.69, 9.17) is 4.74 Å². The maximum absolute atomic E-state index is 9.17. The molecule has 0 aliphatic heterocycles. The maximum atomic E-state index is 9.17. The summed E-state index contributed by atoms with van der Waals surface area (Å²) in [5.74, 6) is 0.609. The van der Waals surface area contributed by atoms with Gasteiger partial charge in [-0.3, -0.25) is 5.21 Å². The zero-order valence-electron chi connectivity index (χ0n) is 6.34. The molecule has 1 aromatic rings. The molecule has 0 aliphatic carbocycles. The third kappa shape index (κ3) is 1.63. The summed E-state index contributed by atoms with van der Waals surface area (Å²) in [7, 11) is 1.55. The molecule has 1 N–H and O–H groups in total. The van der Waals surface area contributed by atoms with Gasteiger partial charge in [-0.05, 0) is 15.9 Å². The highest BCUT2D eigenvalue weighted by atomic mass is 79.9. The first-order valence-electron chi connectivity index (χ1n) is 3.10. The van der Waals surface area contributed by atoms with Crippen LogP contribution in [0.4, 0.5) is 0 Å². The van der Waals surface area contributed by atoms with Crippen LogP contribution in [0.2, 0.25) is 0 Å². The Kier molecular flexibility index (Phi) is 2.34. The number of aromatic nitrogens is 1. The zero-order chi connectivity index (χ0) is 8.43. The lowest BCUT2D eigenvalue weighted by atomic mass is 10.4. The Morgan fingerprint density at radius 2 is 2.27 bits per heavy atom. The third-order valence-corrected chi connectivity index (χ3v) is 2.01. The van der Waals surface area contributed by atoms with E-state index >= 15 is 0 Å². The molecule has 1 rings (SSSR count). The van der Waals surface area contributed by atoms with Gasteiger partial charge < -0.3 is 4.74 Å². The number of pyridine rings is 1. The number of ether oxygens (including phenoxy) is 1. The molecule has 3 nitrogen and oxygen atoms in total. The molecule has 1 heterocycles. The second-order valence-corrected chi connectivity index (χ2v) is 3.03. The smallest absolute Gasteiger partial charge is 0.265 e. The van der Waals surface area contributed by atoms with Gasteiger partial charge in [0.05, 0.1) is 11.6 Å². The molecule has 0 amide bonds. The number of hydrogen-bond acceptors (Lipinski definition) is 2.